The lowest BCUT2D eigenvalue weighted by Gasteiger charge is -2.09. The average molecular weight is 206 g/mol. The minimum atomic E-state index is -0.383. The molecule has 1 aliphatic heterocycles. The predicted octanol–water partition coefficient (Wildman–Crippen LogP) is 1.51. The number of hydrogen-bond acceptors (Lipinski definition) is 4. The van der Waals surface area contributed by atoms with Gasteiger partial charge in [-0.25, -0.2) is 4.79 Å². The summed E-state index contributed by atoms with van der Waals surface area (Å²) in [6.07, 6.45) is 1.10. The highest BCUT2D eigenvalue weighted by Crippen LogP contribution is 2.16. The first-order valence-electron chi connectivity index (χ1n) is 4.64. The molecule has 0 radical (unpaired) electrons. The summed E-state index contributed by atoms with van der Waals surface area (Å²) in [6.45, 7) is 0.848. The van der Waals surface area contributed by atoms with Crippen LogP contribution in [0.2, 0.25) is 0 Å². The molecule has 0 aromatic carbocycles. The van der Waals surface area contributed by atoms with Gasteiger partial charge in [-0.05, 0) is 12.1 Å². The van der Waals surface area contributed by atoms with Gasteiger partial charge < -0.3 is 9.15 Å². The van der Waals surface area contributed by atoms with E-state index in [4.69, 9.17) is 14.4 Å². The Kier molecular flexibility index (Phi) is 2.59. The van der Waals surface area contributed by atoms with Crippen molar-refractivity contribution in [2.45, 2.75) is 19.1 Å². The van der Waals surface area contributed by atoms with E-state index >= 15 is 0 Å². The van der Waals surface area contributed by atoms with E-state index in [0.29, 0.717) is 18.8 Å². The van der Waals surface area contributed by atoms with Gasteiger partial charge in [0.05, 0.1) is 31.8 Å². The van der Waals surface area contributed by atoms with Crippen LogP contribution >= 0.6 is 0 Å². The van der Waals surface area contributed by atoms with E-state index in [-0.39, 0.29) is 18.6 Å². The minimum Gasteiger partial charge on any atom is -0.467 e. The second-order valence-corrected chi connectivity index (χ2v) is 3.33. The Hall–Kier alpha value is -1.96. The van der Waals surface area contributed by atoms with Crippen molar-refractivity contribution < 1.29 is 13.9 Å². The van der Waals surface area contributed by atoms with Gasteiger partial charge >= 0.3 is 6.09 Å². The van der Waals surface area contributed by atoms with Gasteiger partial charge in [-0.3, -0.25) is 4.90 Å². The highest BCUT2D eigenvalue weighted by atomic mass is 16.6. The zero-order valence-electron chi connectivity index (χ0n) is 8.05. The second-order valence-electron chi connectivity index (χ2n) is 3.33. The Morgan fingerprint density at radius 1 is 1.67 bits per heavy atom. The standard InChI is InChI=1S/C10H10N2O3/c11-4-3-9-7-12(10(13)15-9)6-8-2-1-5-14-8/h1-2,5,9H,3,6-7H2. The third-order valence-electron chi connectivity index (χ3n) is 2.20. The first-order chi connectivity index (χ1) is 7.29. The molecule has 0 N–H and O–H groups in total. The largest absolute Gasteiger partial charge is 0.467 e. The molecule has 1 aromatic heterocycles. The van der Waals surface area contributed by atoms with E-state index in [0.717, 1.165) is 0 Å². The molecule has 5 heteroatoms. The smallest absolute Gasteiger partial charge is 0.410 e. The van der Waals surface area contributed by atoms with Crippen LogP contribution in [-0.2, 0) is 11.3 Å². The molecule has 0 saturated carbocycles. The summed E-state index contributed by atoms with van der Waals surface area (Å²) in [5.41, 5.74) is 0. The molecule has 1 amide bonds. The number of carbonyl (C=O) groups excluding carboxylic acids is 1. The third kappa shape index (κ3) is 2.10. The van der Waals surface area contributed by atoms with Crippen LogP contribution in [0.5, 0.6) is 0 Å². The summed E-state index contributed by atoms with van der Waals surface area (Å²) >= 11 is 0. The quantitative estimate of drug-likeness (QED) is 0.751. The molecule has 5 nitrogen and oxygen atoms in total. The maximum absolute atomic E-state index is 11.3. The van der Waals surface area contributed by atoms with Crippen molar-refractivity contribution in [1.82, 2.24) is 4.90 Å². The van der Waals surface area contributed by atoms with Gasteiger partial charge in [0, 0.05) is 0 Å². The summed E-state index contributed by atoms with van der Waals surface area (Å²) in [4.78, 5) is 12.9. The zero-order chi connectivity index (χ0) is 10.7. The van der Waals surface area contributed by atoms with Gasteiger partial charge in [0.15, 0.2) is 0 Å². The van der Waals surface area contributed by atoms with E-state index < -0.39 is 0 Å². The number of hydrogen-bond donors (Lipinski definition) is 0. The van der Waals surface area contributed by atoms with Crippen molar-refractivity contribution in [3.63, 3.8) is 0 Å². The van der Waals surface area contributed by atoms with Crippen molar-refractivity contribution >= 4 is 6.09 Å². The van der Waals surface area contributed by atoms with Crippen LogP contribution in [-0.4, -0.2) is 23.6 Å². The molecule has 2 heterocycles. The van der Waals surface area contributed by atoms with E-state index in [9.17, 15) is 4.79 Å². The molecule has 1 atom stereocenters. The van der Waals surface area contributed by atoms with Gasteiger partial charge in [-0.1, -0.05) is 0 Å². The molecule has 1 fully saturated rings. The van der Waals surface area contributed by atoms with E-state index in [2.05, 4.69) is 0 Å². The molecule has 78 valence electrons. The SMILES string of the molecule is N#CCC1CN(Cc2ccco2)C(=O)O1. The molecule has 15 heavy (non-hydrogen) atoms. The first kappa shape index (κ1) is 9.59. The molecule has 1 aliphatic rings. The Labute approximate surface area is 86.8 Å². The fourth-order valence-electron chi connectivity index (χ4n) is 1.50. The topological polar surface area (TPSA) is 66.5 Å². The van der Waals surface area contributed by atoms with Crippen LogP contribution in [0.25, 0.3) is 0 Å². The number of amides is 1. The Morgan fingerprint density at radius 2 is 2.53 bits per heavy atom. The average Bonchev–Trinajstić information content (AvgIpc) is 2.79. The number of cyclic esters (lactones) is 1. The molecular weight excluding hydrogens is 196 g/mol. The fraction of sp³-hybridized carbons (Fsp3) is 0.400. The number of furan rings is 1. The van der Waals surface area contributed by atoms with E-state index in [1.165, 1.54) is 4.90 Å². The van der Waals surface area contributed by atoms with Crippen LogP contribution in [0.4, 0.5) is 4.79 Å². The first-order valence-corrected chi connectivity index (χ1v) is 4.64. The monoisotopic (exact) mass is 206 g/mol. The molecular formula is C10H10N2O3. The fourth-order valence-corrected chi connectivity index (χ4v) is 1.50. The normalized spacial score (nSPS) is 20.1. The lowest BCUT2D eigenvalue weighted by atomic mass is 10.2. The molecule has 0 bridgehead atoms. The van der Waals surface area contributed by atoms with Gasteiger partial charge in [0.2, 0.25) is 0 Å². The van der Waals surface area contributed by atoms with Crippen molar-refractivity contribution in [2.24, 2.45) is 0 Å². The highest BCUT2D eigenvalue weighted by Gasteiger charge is 2.31. The molecule has 0 spiro atoms. The summed E-state index contributed by atoms with van der Waals surface area (Å²) in [6, 6.07) is 5.55. The van der Waals surface area contributed by atoms with Crippen LogP contribution in [0, 0.1) is 11.3 Å². The van der Waals surface area contributed by atoms with Gasteiger partial charge in [-0.2, -0.15) is 5.26 Å². The lowest BCUT2D eigenvalue weighted by molar-refractivity contribution is 0.132. The predicted molar refractivity (Wildman–Crippen MR) is 49.6 cm³/mol. The Bertz CT molecular complexity index is 380. The maximum Gasteiger partial charge on any atom is 0.410 e. The van der Waals surface area contributed by atoms with Gasteiger partial charge in [-0.15, -0.1) is 0 Å². The number of rotatable bonds is 3. The molecule has 1 aromatic rings. The van der Waals surface area contributed by atoms with Crippen LogP contribution in [0.15, 0.2) is 22.8 Å². The van der Waals surface area contributed by atoms with Crippen molar-refractivity contribution in [3.8, 4) is 6.07 Å². The Morgan fingerprint density at radius 3 is 3.20 bits per heavy atom. The number of carbonyl (C=O) groups is 1. The highest BCUT2D eigenvalue weighted by molar-refractivity contribution is 5.69. The van der Waals surface area contributed by atoms with Crippen molar-refractivity contribution in [1.29, 1.82) is 5.26 Å². The molecule has 1 unspecified atom stereocenters. The molecule has 2 rings (SSSR count). The molecule has 0 aliphatic carbocycles. The summed E-state index contributed by atoms with van der Waals surface area (Å²) < 4.78 is 10.1. The van der Waals surface area contributed by atoms with Crippen LogP contribution in [0.3, 0.4) is 0 Å². The van der Waals surface area contributed by atoms with Gasteiger partial charge in [0.25, 0.3) is 0 Å². The maximum atomic E-state index is 11.3. The third-order valence-corrected chi connectivity index (χ3v) is 2.20. The van der Waals surface area contributed by atoms with Gasteiger partial charge in [0.1, 0.15) is 11.9 Å². The number of ether oxygens (including phenoxy) is 1. The second kappa shape index (κ2) is 4.05. The van der Waals surface area contributed by atoms with E-state index in [1.54, 1.807) is 18.4 Å². The van der Waals surface area contributed by atoms with Crippen LogP contribution < -0.4 is 0 Å². The summed E-state index contributed by atoms with van der Waals surface area (Å²) in [5.74, 6) is 0.713. The summed E-state index contributed by atoms with van der Waals surface area (Å²) in [5, 5.41) is 8.48. The van der Waals surface area contributed by atoms with E-state index in [1.807, 2.05) is 6.07 Å². The summed E-state index contributed by atoms with van der Waals surface area (Å²) in [7, 11) is 0. The zero-order valence-corrected chi connectivity index (χ0v) is 8.05. The number of nitriles is 1. The number of nitrogens with zero attached hydrogens (tertiary/aromatic N) is 2. The minimum absolute atomic E-state index is 0.237. The van der Waals surface area contributed by atoms with Crippen molar-refractivity contribution in [3.05, 3.63) is 24.2 Å². The Balaban J connectivity index is 1.94. The molecule has 1 saturated heterocycles. The van der Waals surface area contributed by atoms with Crippen LogP contribution in [0.1, 0.15) is 12.2 Å². The lowest BCUT2D eigenvalue weighted by Crippen LogP contribution is -2.24. The van der Waals surface area contributed by atoms with Crippen molar-refractivity contribution in [2.75, 3.05) is 6.54 Å².